The first-order valence-electron chi connectivity index (χ1n) is 6.00. The summed E-state index contributed by atoms with van der Waals surface area (Å²) in [6.07, 6.45) is 6.02. The Kier molecular flexibility index (Phi) is 5.21. The second-order valence-electron chi connectivity index (χ2n) is 4.97. The molecule has 0 aromatic rings. The van der Waals surface area contributed by atoms with E-state index in [1.807, 2.05) is 6.92 Å². The van der Waals surface area contributed by atoms with Crippen LogP contribution in [-0.2, 0) is 9.84 Å². The summed E-state index contributed by atoms with van der Waals surface area (Å²) in [7, 11) is -2.94. The van der Waals surface area contributed by atoms with E-state index in [0.29, 0.717) is 0 Å². The Morgan fingerprint density at radius 2 is 1.94 bits per heavy atom. The topological polar surface area (TPSA) is 66.4 Å². The molecule has 0 aromatic heterocycles. The van der Waals surface area contributed by atoms with Gasteiger partial charge in [-0.3, -0.25) is 0 Å². The molecule has 0 bridgehead atoms. The fourth-order valence-electron chi connectivity index (χ4n) is 2.35. The van der Waals surface area contributed by atoms with Crippen molar-refractivity contribution in [1.29, 1.82) is 0 Å². The third kappa shape index (κ3) is 5.27. The van der Waals surface area contributed by atoms with E-state index in [-0.39, 0.29) is 23.9 Å². The van der Waals surface area contributed by atoms with Crippen LogP contribution in [0.1, 0.15) is 39.0 Å². The summed E-state index contributed by atoms with van der Waals surface area (Å²) in [6.45, 7) is 1.86. The SMILES string of the molecule is CC(CS(C)(=O)=O)NC1CCCCCC1O. The molecule has 0 aromatic carbocycles. The quantitative estimate of drug-likeness (QED) is 0.720. The van der Waals surface area contributed by atoms with Crippen LogP contribution >= 0.6 is 0 Å². The van der Waals surface area contributed by atoms with Crippen LogP contribution in [0, 0.1) is 0 Å². The first kappa shape index (κ1) is 13.9. The van der Waals surface area contributed by atoms with Gasteiger partial charge < -0.3 is 10.4 Å². The highest BCUT2D eigenvalue weighted by atomic mass is 32.2. The van der Waals surface area contributed by atoms with Gasteiger partial charge in [-0.15, -0.1) is 0 Å². The third-order valence-electron chi connectivity index (χ3n) is 3.03. The molecule has 1 aliphatic carbocycles. The summed E-state index contributed by atoms with van der Waals surface area (Å²) in [6, 6.07) is -0.0352. The average Bonchev–Trinajstić information content (AvgIpc) is 2.29. The van der Waals surface area contributed by atoms with E-state index < -0.39 is 9.84 Å². The molecule has 0 saturated heterocycles. The van der Waals surface area contributed by atoms with Crippen LogP contribution in [0.5, 0.6) is 0 Å². The Hall–Kier alpha value is -0.130. The van der Waals surface area contributed by atoms with E-state index in [1.165, 1.54) is 6.26 Å². The molecule has 4 nitrogen and oxygen atoms in total. The molecule has 0 heterocycles. The van der Waals surface area contributed by atoms with Crippen molar-refractivity contribution in [2.24, 2.45) is 0 Å². The number of hydrogen-bond acceptors (Lipinski definition) is 4. The van der Waals surface area contributed by atoms with Gasteiger partial charge in [-0.2, -0.15) is 0 Å². The number of rotatable bonds is 4. The summed E-state index contributed by atoms with van der Waals surface area (Å²) >= 11 is 0. The molecule has 2 N–H and O–H groups in total. The number of nitrogens with one attached hydrogen (secondary N) is 1. The van der Waals surface area contributed by atoms with E-state index in [0.717, 1.165) is 32.1 Å². The number of sulfone groups is 1. The highest BCUT2D eigenvalue weighted by Crippen LogP contribution is 2.18. The summed E-state index contributed by atoms with van der Waals surface area (Å²) in [4.78, 5) is 0. The molecule has 1 saturated carbocycles. The van der Waals surface area contributed by atoms with Gasteiger partial charge in [0, 0.05) is 18.3 Å². The van der Waals surface area contributed by atoms with Crippen LogP contribution in [0.2, 0.25) is 0 Å². The van der Waals surface area contributed by atoms with Gasteiger partial charge in [0.15, 0.2) is 0 Å². The maximum atomic E-state index is 11.1. The van der Waals surface area contributed by atoms with E-state index >= 15 is 0 Å². The average molecular weight is 249 g/mol. The summed E-state index contributed by atoms with van der Waals surface area (Å²) < 4.78 is 22.3. The maximum absolute atomic E-state index is 11.1. The van der Waals surface area contributed by atoms with Crippen molar-refractivity contribution in [1.82, 2.24) is 5.32 Å². The maximum Gasteiger partial charge on any atom is 0.148 e. The molecule has 1 fully saturated rings. The highest BCUT2D eigenvalue weighted by molar-refractivity contribution is 7.90. The lowest BCUT2D eigenvalue weighted by molar-refractivity contribution is 0.116. The van der Waals surface area contributed by atoms with Gasteiger partial charge in [-0.1, -0.05) is 19.3 Å². The van der Waals surface area contributed by atoms with Crippen LogP contribution in [0.3, 0.4) is 0 Å². The molecule has 0 aliphatic heterocycles. The minimum Gasteiger partial charge on any atom is -0.392 e. The molecule has 0 amide bonds. The highest BCUT2D eigenvalue weighted by Gasteiger charge is 2.23. The monoisotopic (exact) mass is 249 g/mol. The minimum absolute atomic E-state index is 0.0549. The molecule has 3 atom stereocenters. The Morgan fingerprint density at radius 1 is 1.31 bits per heavy atom. The second-order valence-corrected chi connectivity index (χ2v) is 7.16. The van der Waals surface area contributed by atoms with Gasteiger partial charge in [0.25, 0.3) is 0 Å². The summed E-state index contributed by atoms with van der Waals surface area (Å²) in [5.74, 6) is 0.135. The molecule has 1 aliphatic rings. The van der Waals surface area contributed by atoms with Crippen LogP contribution < -0.4 is 5.32 Å². The lowest BCUT2D eigenvalue weighted by Gasteiger charge is -2.25. The standard InChI is InChI=1S/C11H23NO3S/c1-9(8-16(2,14)15)12-10-6-4-3-5-7-11(10)13/h9-13H,3-8H2,1-2H3. The van der Waals surface area contributed by atoms with Gasteiger partial charge >= 0.3 is 0 Å². The van der Waals surface area contributed by atoms with Gasteiger partial charge in [0.05, 0.1) is 11.9 Å². The van der Waals surface area contributed by atoms with Crippen molar-refractivity contribution >= 4 is 9.84 Å². The van der Waals surface area contributed by atoms with Crippen molar-refractivity contribution in [2.75, 3.05) is 12.0 Å². The molecule has 0 radical (unpaired) electrons. The Balaban J connectivity index is 2.45. The lowest BCUT2D eigenvalue weighted by atomic mass is 10.1. The van der Waals surface area contributed by atoms with Gasteiger partial charge in [0.1, 0.15) is 9.84 Å². The Labute approximate surface area is 98.4 Å². The number of aliphatic hydroxyl groups excluding tert-OH is 1. The Bertz CT molecular complexity index is 302. The van der Waals surface area contributed by atoms with E-state index in [1.54, 1.807) is 0 Å². The third-order valence-corrected chi connectivity index (χ3v) is 4.14. The van der Waals surface area contributed by atoms with Gasteiger partial charge in [-0.05, 0) is 19.8 Å². The van der Waals surface area contributed by atoms with Crippen molar-refractivity contribution in [3.8, 4) is 0 Å². The number of aliphatic hydroxyl groups is 1. The molecule has 5 heteroatoms. The molecule has 96 valence electrons. The van der Waals surface area contributed by atoms with Gasteiger partial charge in [-0.25, -0.2) is 8.42 Å². The molecular weight excluding hydrogens is 226 g/mol. The second kappa shape index (κ2) is 5.98. The van der Waals surface area contributed by atoms with E-state index in [9.17, 15) is 13.5 Å². The van der Waals surface area contributed by atoms with Gasteiger partial charge in [0.2, 0.25) is 0 Å². The van der Waals surface area contributed by atoms with Crippen LogP contribution in [0.4, 0.5) is 0 Å². The zero-order valence-electron chi connectivity index (χ0n) is 10.1. The van der Waals surface area contributed by atoms with Crippen LogP contribution in [0.15, 0.2) is 0 Å². The first-order valence-corrected chi connectivity index (χ1v) is 8.06. The normalized spacial score (nSPS) is 29.7. The van der Waals surface area contributed by atoms with Crippen LogP contribution in [-0.4, -0.2) is 43.7 Å². The van der Waals surface area contributed by atoms with E-state index in [4.69, 9.17) is 0 Å². The molecule has 3 unspecified atom stereocenters. The predicted octanol–water partition coefficient (Wildman–Crippen LogP) is 0.703. The molecular formula is C11H23NO3S. The number of hydrogen-bond donors (Lipinski definition) is 2. The molecule has 1 rings (SSSR count). The first-order chi connectivity index (χ1) is 7.38. The largest absolute Gasteiger partial charge is 0.392 e. The molecule has 0 spiro atoms. The minimum atomic E-state index is -2.94. The smallest absolute Gasteiger partial charge is 0.148 e. The lowest BCUT2D eigenvalue weighted by Crippen LogP contribution is -2.46. The van der Waals surface area contributed by atoms with Crippen LogP contribution in [0.25, 0.3) is 0 Å². The fraction of sp³-hybridized carbons (Fsp3) is 1.00. The molecule has 16 heavy (non-hydrogen) atoms. The zero-order chi connectivity index (χ0) is 12.2. The van der Waals surface area contributed by atoms with Crippen molar-refractivity contribution in [3.63, 3.8) is 0 Å². The summed E-state index contributed by atoms with van der Waals surface area (Å²) in [5, 5.41) is 13.1. The van der Waals surface area contributed by atoms with Crippen molar-refractivity contribution < 1.29 is 13.5 Å². The van der Waals surface area contributed by atoms with E-state index in [2.05, 4.69) is 5.32 Å². The zero-order valence-corrected chi connectivity index (χ0v) is 11.0. The fourth-order valence-corrected chi connectivity index (χ4v) is 3.35. The van der Waals surface area contributed by atoms with Crippen molar-refractivity contribution in [3.05, 3.63) is 0 Å². The van der Waals surface area contributed by atoms with Crippen molar-refractivity contribution in [2.45, 2.75) is 57.2 Å². The predicted molar refractivity (Wildman–Crippen MR) is 65.2 cm³/mol. The summed E-state index contributed by atoms with van der Waals surface area (Å²) in [5.41, 5.74) is 0. The Morgan fingerprint density at radius 3 is 2.56 bits per heavy atom.